The number of carbonyl (C=O) groups excluding carboxylic acids is 1. The summed E-state index contributed by atoms with van der Waals surface area (Å²) in [6.45, 7) is 12.2. The van der Waals surface area contributed by atoms with Crippen molar-refractivity contribution in [3.8, 4) is 0 Å². The molecule has 1 aromatic carbocycles. The SMILES string of the molecule is CC(=O)Sc1c(C)c(C)c(C)c(C)c1C. The summed E-state index contributed by atoms with van der Waals surface area (Å²) in [4.78, 5) is 12.3. The van der Waals surface area contributed by atoms with Crippen LogP contribution in [0.5, 0.6) is 0 Å². The first kappa shape index (κ1) is 12.3. The highest BCUT2D eigenvalue weighted by Gasteiger charge is 2.13. The zero-order valence-electron chi connectivity index (χ0n) is 10.3. The number of benzene rings is 1. The maximum absolute atomic E-state index is 11.2. The van der Waals surface area contributed by atoms with Gasteiger partial charge >= 0.3 is 0 Å². The van der Waals surface area contributed by atoms with E-state index < -0.39 is 0 Å². The Morgan fingerprint density at radius 1 is 0.800 bits per heavy atom. The van der Waals surface area contributed by atoms with E-state index in [4.69, 9.17) is 0 Å². The van der Waals surface area contributed by atoms with Crippen molar-refractivity contribution in [2.24, 2.45) is 0 Å². The van der Waals surface area contributed by atoms with Crippen molar-refractivity contribution in [1.29, 1.82) is 0 Å². The van der Waals surface area contributed by atoms with Gasteiger partial charge in [0.05, 0.1) is 0 Å². The normalized spacial score (nSPS) is 10.5. The smallest absolute Gasteiger partial charge is 0.190 e. The monoisotopic (exact) mass is 222 g/mol. The van der Waals surface area contributed by atoms with Crippen LogP contribution >= 0.6 is 11.8 Å². The maximum Gasteiger partial charge on any atom is 0.190 e. The first-order chi connectivity index (χ1) is 6.86. The Balaban J connectivity index is 3.45. The van der Waals surface area contributed by atoms with Crippen LogP contribution < -0.4 is 0 Å². The molecule has 0 radical (unpaired) electrons. The number of hydrogen-bond acceptors (Lipinski definition) is 2. The molecule has 0 aromatic heterocycles. The number of hydrogen-bond donors (Lipinski definition) is 0. The summed E-state index contributed by atoms with van der Waals surface area (Å²) in [7, 11) is 0. The van der Waals surface area contributed by atoms with E-state index in [1.807, 2.05) is 0 Å². The van der Waals surface area contributed by atoms with Crippen LogP contribution in [0.1, 0.15) is 34.7 Å². The van der Waals surface area contributed by atoms with Crippen LogP contribution in [0.4, 0.5) is 0 Å². The molecule has 1 rings (SSSR count). The number of rotatable bonds is 1. The van der Waals surface area contributed by atoms with Crippen LogP contribution in [0.2, 0.25) is 0 Å². The van der Waals surface area contributed by atoms with E-state index in [9.17, 15) is 4.79 Å². The second kappa shape index (κ2) is 4.40. The molecule has 0 aliphatic carbocycles. The van der Waals surface area contributed by atoms with Gasteiger partial charge in [0.2, 0.25) is 0 Å². The van der Waals surface area contributed by atoms with Crippen LogP contribution in [0.25, 0.3) is 0 Å². The Morgan fingerprint density at radius 3 is 1.47 bits per heavy atom. The second-order valence-corrected chi connectivity index (χ2v) is 5.24. The minimum atomic E-state index is 0.156. The number of thioether (sulfide) groups is 1. The predicted molar refractivity (Wildman–Crippen MR) is 66.7 cm³/mol. The molecule has 0 bridgehead atoms. The fraction of sp³-hybridized carbons (Fsp3) is 0.462. The highest BCUT2D eigenvalue weighted by Crippen LogP contribution is 2.33. The van der Waals surface area contributed by atoms with Gasteiger partial charge in [0.25, 0.3) is 0 Å². The molecule has 2 heteroatoms. The van der Waals surface area contributed by atoms with Gasteiger partial charge < -0.3 is 0 Å². The van der Waals surface area contributed by atoms with Gasteiger partial charge in [-0.05, 0) is 62.4 Å². The van der Waals surface area contributed by atoms with Crippen molar-refractivity contribution in [3.63, 3.8) is 0 Å². The topological polar surface area (TPSA) is 17.1 Å². The molecular weight excluding hydrogens is 204 g/mol. The molecule has 0 aliphatic heterocycles. The van der Waals surface area contributed by atoms with Crippen molar-refractivity contribution in [3.05, 3.63) is 27.8 Å². The first-order valence-electron chi connectivity index (χ1n) is 5.11. The van der Waals surface area contributed by atoms with Gasteiger partial charge in [-0.25, -0.2) is 0 Å². The van der Waals surface area contributed by atoms with Gasteiger partial charge in [-0.3, -0.25) is 4.79 Å². The first-order valence-corrected chi connectivity index (χ1v) is 5.93. The van der Waals surface area contributed by atoms with Gasteiger partial charge in [-0.1, -0.05) is 11.8 Å². The third-order valence-corrected chi connectivity index (χ3v) is 4.28. The highest BCUT2D eigenvalue weighted by molar-refractivity contribution is 8.13. The van der Waals surface area contributed by atoms with Crippen molar-refractivity contribution >= 4 is 16.9 Å². The Hall–Kier alpha value is -0.760. The molecule has 0 fully saturated rings. The molecule has 1 aromatic rings. The van der Waals surface area contributed by atoms with E-state index in [0.29, 0.717) is 0 Å². The molecule has 0 aliphatic rings. The summed E-state index contributed by atoms with van der Waals surface area (Å²) in [5.41, 5.74) is 6.45. The van der Waals surface area contributed by atoms with Crippen LogP contribution in [0.3, 0.4) is 0 Å². The van der Waals surface area contributed by atoms with Crippen LogP contribution in [0, 0.1) is 34.6 Å². The Morgan fingerprint density at radius 2 is 1.13 bits per heavy atom. The average molecular weight is 222 g/mol. The molecule has 15 heavy (non-hydrogen) atoms. The van der Waals surface area contributed by atoms with Gasteiger partial charge in [-0.15, -0.1) is 0 Å². The van der Waals surface area contributed by atoms with E-state index in [-0.39, 0.29) is 5.12 Å². The Kier molecular flexibility index (Phi) is 3.61. The predicted octanol–water partition coefficient (Wildman–Crippen LogP) is 3.87. The molecular formula is C13H18OS. The summed E-state index contributed by atoms with van der Waals surface area (Å²) >= 11 is 1.35. The van der Waals surface area contributed by atoms with E-state index in [2.05, 4.69) is 34.6 Å². The van der Waals surface area contributed by atoms with Crippen molar-refractivity contribution in [2.45, 2.75) is 46.4 Å². The lowest BCUT2D eigenvalue weighted by atomic mass is 9.95. The zero-order valence-corrected chi connectivity index (χ0v) is 11.1. The van der Waals surface area contributed by atoms with Crippen molar-refractivity contribution in [2.75, 3.05) is 0 Å². The zero-order chi connectivity index (χ0) is 11.7. The molecule has 0 saturated heterocycles. The van der Waals surface area contributed by atoms with E-state index in [1.165, 1.54) is 39.6 Å². The molecule has 0 saturated carbocycles. The minimum Gasteiger partial charge on any atom is -0.287 e. The Labute approximate surface area is 96.3 Å². The molecule has 0 amide bonds. The summed E-state index contributed by atoms with van der Waals surface area (Å²) in [6.07, 6.45) is 0. The lowest BCUT2D eigenvalue weighted by Crippen LogP contribution is -1.99. The highest BCUT2D eigenvalue weighted by atomic mass is 32.2. The molecule has 82 valence electrons. The van der Waals surface area contributed by atoms with E-state index in [0.717, 1.165) is 4.90 Å². The third kappa shape index (κ3) is 2.25. The molecule has 1 nitrogen and oxygen atoms in total. The molecule has 0 atom stereocenters. The van der Waals surface area contributed by atoms with Gasteiger partial charge in [-0.2, -0.15) is 0 Å². The largest absolute Gasteiger partial charge is 0.287 e. The number of carbonyl (C=O) groups is 1. The summed E-state index contributed by atoms with van der Waals surface area (Å²) in [5.74, 6) is 0. The van der Waals surface area contributed by atoms with Crippen molar-refractivity contribution < 1.29 is 4.79 Å². The summed E-state index contributed by atoms with van der Waals surface area (Å²) < 4.78 is 0. The van der Waals surface area contributed by atoms with Gasteiger partial charge in [0.15, 0.2) is 5.12 Å². The lowest BCUT2D eigenvalue weighted by Gasteiger charge is -2.17. The van der Waals surface area contributed by atoms with Crippen LogP contribution in [-0.2, 0) is 4.79 Å². The van der Waals surface area contributed by atoms with Crippen molar-refractivity contribution in [1.82, 2.24) is 0 Å². The molecule has 0 unspecified atom stereocenters. The average Bonchev–Trinajstić information content (AvgIpc) is 2.18. The fourth-order valence-corrected chi connectivity index (χ4v) is 2.66. The van der Waals surface area contributed by atoms with Crippen LogP contribution in [0.15, 0.2) is 4.90 Å². The Bertz CT molecular complexity index is 390. The van der Waals surface area contributed by atoms with E-state index in [1.54, 1.807) is 6.92 Å². The second-order valence-electron chi connectivity index (χ2n) is 4.05. The fourth-order valence-electron chi connectivity index (χ4n) is 1.76. The summed E-state index contributed by atoms with van der Waals surface area (Å²) in [6, 6.07) is 0. The standard InChI is InChI=1S/C13H18OS/c1-7-8(2)10(4)13(15-12(6)14)11(5)9(7)3/h1-6H3. The maximum atomic E-state index is 11.2. The summed E-state index contributed by atoms with van der Waals surface area (Å²) in [5, 5.41) is 0.156. The van der Waals surface area contributed by atoms with Crippen LogP contribution in [-0.4, -0.2) is 5.12 Å². The third-order valence-electron chi connectivity index (χ3n) is 3.18. The quantitative estimate of drug-likeness (QED) is 0.671. The molecule has 0 spiro atoms. The minimum absolute atomic E-state index is 0.156. The molecule has 0 N–H and O–H groups in total. The van der Waals surface area contributed by atoms with Gasteiger partial charge in [0, 0.05) is 11.8 Å². The van der Waals surface area contributed by atoms with Gasteiger partial charge in [0.1, 0.15) is 0 Å². The lowest BCUT2D eigenvalue weighted by molar-refractivity contribution is -0.109. The molecule has 0 heterocycles. The van der Waals surface area contributed by atoms with E-state index >= 15 is 0 Å².